The van der Waals surface area contributed by atoms with Crippen LogP contribution in [0.4, 0.5) is 11.6 Å². The predicted octanol–water partition coefficient (Wildman–Crippen LogP) is 3.51. The largest absolute Gasteiger partial charge is 0.384 e. The zero-order chi connectivity index (χ0) is 15.6. The van der Waals surface area contributed by atoms with Gasteiger partial charge in [-0.3, -0.25) is 4.79 Å². The molecule has 0 unspecified atom stereocenters. The zero-order valence-electron chi connectivity index (χ0n) is 12.1. The van der Waals surface area contributed by atoms with Crippen molar-refractivity contribution in [3.63, 3.8) is 0 Å². The molecule has 2 rings (SSSR count). The Labute approximate surface area is 132 Å². The smallest absolute Gasteiger partial charge is 0.257 e. The van der Waals surface area contributed by atoms with Crippen molar-refractivity contribution in [2.75, 3.05) is 11.1 Å². The SMILES string of the molecule is Cc1nc(NC(=O)c2cc(N)nc(C(C)C)c2)ccc1Br. The topological polar surface area (TPSA) is 80.9 Å². The van der Waals surface area contributed by atoms with E-state index in [0.717, 1.165) is 15.9 Å². The number of nitrogens with two attached hydrogens (primary N) is 1. The van der Waals surface area contributed by atoms with Crippen molar-refractivity contribution in [2.24, 2.45) is 0 Å². The predicted molar refractivity (Wildman–Crippen MR) is 87.4 cm³/mol. The molecule has 6 heteroatoms. The van der Waals surface area contributed by atoms with Gasteiger partial charge in [-0.05, 0) is 53.0 Å². The Balaban J connectivity index is 2.25. The molecule has 0 saturated heterocycles. The third-order valence-electron chi connectivity index (χ3n) is 2.98. The van der Waals surface area contributed by atoms with Crippen molar-refractivity contribution in [1.29, 1.82) is 0 Å². The summed E-state index contributed by atoms with van der Waals surface area (Å²) in [7, 11) is 0. The molecule has 2 aromatic heterocycles. The summed E-state index contributed by atoms with van der Waals surface area (Å²) in [4.78, 5) is 20.8. The van der Waals surface area contributed by atoms with Gasteiger partial charge in [0.25, 0.3) is 5.91 Å². The fourth-order valence-electron chi connectivity index (χ4n) is 1.80. The van der Waals surface area contributed by atoms with Crippen molar-refractivity contribution in [1.82, 2.24) is 9.97 Å². The van der Waals surface area contributed by atoms with E-state index in [1.165, 1.54) is 0 Å². The number of anilines is 2. The number of carbonyl (C=O) groups excluding carboxylic acids is 1. The number of nitrogen functional groups attached to an aromatic ring is 1. The van der Waals surface area contributed by atoms with Crippen molar-refractivity contribution in [3.8, 4) is 0 Å². The molecule has 5 nitrogen and oxygen atoms in total. The van der Waals surface area contributed by atoms with E-state index < -0.39 is 0 Å². The number of nitrogens with zero attached hydrogens (tertiary/aromatic N) is 2. The molecule has 2 heterocycles. The highest BCUT2D eigenvalue weighted by molar-refractivity contribution is 9.10. The summed E-state index contributed by atoms with van der Waals surface area (Å²) in [6.07, 6.45) is 0. The number of hydrogen-bond acceptors (Lipinski definition) is 4. The van der Waals surface area contributed by atoms with Crippen LogP contribution in [0.3, 0.4) is 0 Å². The highest BCUT2D eigenvalue weighted by atomic mass is 79.9. The first-order valence-electron chi connectivity index (χ1n) is 6.58. The molecule has 0 fully saturated rings. The maximum atomic E-state index is 12.3. The van der Waals surface area contributed by atoms with Crippen molar-refractivity contribution in [2.45, 2.75) is 26.7 Å². The van der Waals surface area contributed by atoms with Crippen LogP contribution in [0.5, 0.6) is 0 Å². The molecule has 0 saturated carbocycles. The molecule has 0 atom stereocenters. The van der Waals surface area contributed by atoms with Crippen molar-refractivity contribution < 1.29 is 4.79 Å². The second kappa shape index (κ2) is 6.22. The Morgan fingerprint density at radius 1 is 1.29 bits per heavy atom. The summed E-state index contributed by atoms with van der Waals surface area (Å²) in [6.45, 7) is 5.87. The minimum absolute atomic E-state index is 0.202. The van der Waals surface area contributed by atoms with E-state index in [0.29, 0.717) is 17.2 Å². The van der Waals surface area contributed by atoms with E-state index in [9.17, 15) is 4.79 Å². The Morgan fingerprint density at radius 2 is 2.00 bits per heavy atom. The van der Waals surface area contributed by atoms with Crippen molar-refractivity contribution in [3.05, 3.63) is 45.7 Å². The first-order valence-corrected chi connectivity index (χ1v) is 7.38. The van der Waals surface area contributed by atoms with Crippen LogP contribution in [0.1, 0.15) is 41.5 Å². The van der Waals surface area contributed by atoms with E-state index in [4.69, 9.17) is 5.73 Å². The van der Waals surface area contributed by atoms with Crippen LogP contribution in [0, 0.1) is 6.92 Å². The lowest BCUT2D eigenvalue weighted by Gasteiger charge is -2.10. The molecule has 110 valence electrons. The maximum absolute atomic E-state index is 12.3. The first kappa shape index (κ1) is 15.4. The lowest BCUT2D eigenvalue weighted by molar-refractivity contribution is 0.102. The molecular weight excluding hydrogens is 332 g/mol. The van der Waals surface area contributed by atoms with E-state index >= 15 is 0 Å². The lowest BCUT2D eigenvalue weighted by Crippen LogP contribution is -2.15. The minimum atomic E-state index is -0.250. The van der Waals surface area contributed by atoms with Crippen LogP contribution < -0.4 is 11.1 Å². The monoisotopic (exact) mass is 348 g/mol. The third-order valence-corrected chi connectivity index (χ3v) is 3.82. The number of aryl methyl sites for hydroxylation is 1. The molecule has 0 radical (unpaired) electrons. The molecule has 0 aliphatic heterocycles. The number of nitrogens with one attached hydrogen (secondary N) is 1. The quantitative estimate of drug-likeness (QED) is 0.889. The molecule has 0 aliphatic carbocycles. The van der Waals surface area contributed by atoms with Crippen LogP contribution in [0.2, 0.25) is 0 Å². The van der Waals surface area contributed by atoms with Gasteiger partial charge in [-0.2, -0.15) is 0 Å². The number of carbonyl (C=O) groups is 1. The Kier molecular flexibility index (Phi) is 4.57. The van der Waals surface area contributed by atoms with Gasteiger partial charge in [0.05, 0.1) is 5.69 Å². The van der Waals surface area contributed by atoms with Gasteiger partial charge in [-0.25, -0.2) is 9.97 Å². The average Bonchev–Trinajstić information content (AvgIpc) is 2.42. The summed E-state index contributed by atoms with van der Waals surface area (Å²) < 4.78 is 0.899. The Hall–Kier alpha value is -1.95. The summed E-state index contributed by atoms with van der Waals surface area (Å²) in [5.74, 6) is 0.793. The number of aromatic nitrogens is 2. The van der Waals surface area contributed by atoms with Gasteiger partial charge in [0.2, 0.25) is 0 Å². The van der Waals surface area contributed by atoms with E-state index in [1.807, 2.05) is 26.8 Å². The molecule has 0 spiro atoms. The molecule has 0 aromatic carbocycles. The second-order valence-electron chi connectivity index (χ2n) is 5.08. The Morgan fingerprint density at radius 3 is 2.62 bits per heavy atom. The van der Waals surface area contributed by atoms with Gasteiger partial charge in [-0.15, -0.1) is 0 Å². The molecule has 21 heavy (non-hydrogen) atoms. The van der Waals surface area contributed by atoms with E-state index in [1.54, 1.807) is 18.2 Å². The summed E-state index contributed by atoms with van der Waals surface area (Å²) in [5.41, 5.74) is 7.84. The Bertz CT molecular complexity index is 685. The number of amides is 1. The fourth-order valence-corrected chi connectivity index (χ4v) is 2.02. The third kappa shape index (κ3) is 3.78. The number of rotatable bonds is 3. The highest BCUT2D eigenvalue weighted by Gasteiger charge is 2.12. The summed E-state index contributed by atoms with van der Waals surface area (Å²) in [6, 6.07) is 6.90. The molecular formula is C15H17BrN4O. The van der Waals surface area contributed by atoms with Gasteiger partial charge in [0.1, 0.15) is 11.6 Å². The standard InChI is InChI=1S/C15H17BrN4O/c1-8(2)12-6-10(7-13(17)19-12)15(21)20-14-5-4-11(16)9(3)18-14/h4-8H,1-3H3,(H2,17,19)(H,18,20,21). The fraction of sp³-hybridized carbons (Fsp3) is 0.267. The van der Waals surface area contributed by atoms with Crippen LogP contribution in [-0.2, 0) is 0 Å². The number of halogens is 1. The average molecular weight is 349 g/mol. The van der Waals surface area contributed by atoms with Crippen molar-refractivity contribution >= 4 is 33.5 Å². The van der Waals surface area contributed by atoms with Gasteiger partial charge < -0.3 is 11.1 Å². The lowest BCUT2D eigenvalue weighted by atomic mass is 10.1. The number of hydrogen-bond donors (Lipinski definition) is 2. The van der Waals surface area contributed by atoms with Crippen LogP contribution in [0.25, 0.3) is 0 Å². The van der Waals surface area contributed by atoms with Gasteiger partial charge in [0.15, 0.2) is 0 Å². The normalized spacial score (nSPS) is 10.7. The van der Waals surface area contributed by atoms with E-state index in [-0.39, 0.29) is 11.8 Å². The highest BCUT2D eigenvalue weighted by Crippen LogP contribution is 2.19. The van der Waals surface area contributed by atoms with Crippen LogP contribution in [-0.4, -0.2) is 15.9 Å². The van der Waals surface area contributed by atoms with Crippen LogP contribution >= 0.6 is 15.9 Å². The number of pyridine rings is 2. The van der Waals surface area contributed by atoms with Gasteiger partial charge in [-0.1, -0.05) is 13.8 Å². The second-order valence-corrected chi connectivity index (χ2v) is 5.93. The molecule has 2 aromatic rings. The van der Waals surface area contributed by atoms with Crippen LogP contribution in [0.15, 0.2) is 28.7 Å². The van der Waals surface area contributed by atoms with E-state index in [2.05, 4.69) is 31.2 Å². The van der Waals surface area contributed by atoms with Gasteiger partial charge in [0, 0.05) is 15.7 Å². The molecule has 0 bridgehead atoms. The maximum Gasteiger partial charge on any atom is 0.257 e. The zero-order valence-corrected chi connectivity index (χ0v) is 13.7. The molecule has 3 N–H and O–H groups in total. The minimum Gasteiger partial charge on any atom is -0.384 e. The first-order chi connectivity index (χ1) is 9.86. The summed E-state index contributed by atoms with van der Waals surface area (Å²) >= 11 is 3.38. The van der Waals surface area contributed by atoms with Gasteiger partial charge >= 0.3 is 0 Å². The molecule has 1 amide bonds. The molecule has 0 aliphatic rings. The summed E-state index contributed by atoms with van der Waals surface area (Å²) in [5, 5.41) is 2.77.